The summed E-state index contributed by atoms with van der Waals surface area (Å²) in [6, 6.07) is 8.30. The van der Waals surface area contributed by atoms with Crippen molar-refractivity contribution in [3.8, 4) is 0 Å². The van der Waals surface area contributed by atoms with Crippen LogP contribution >= 0.6 is 0 Å². The van der Waals surface area contributed by atoms with Crippen LogP contribution in [0.1, 0.15) is 35.9 Å². The number of hydrogen-bond donors (Lipinski definition) is 0. The molecule has 3 aromatic rings. The van der Waals surface area contributed by atoms with Crippen molar-refractivity contribution in [2.75, 3.05) is 6.54 Å². The molecule has 1 atom stereocenters. The Hall–Kier alpha value is -2.21. The summed E-state index contributed by atoms with van der Waals surface area (Å²) < 4.78 is 10.3. The molecule has 4 rings (SSSR count). The van der Waals surface area contributed by atoms with Crippen molar-refractivity contribution in [2.45, 2.75) is 32.4 Å². The summed E-state index contributed by atoms with van der Waals surface area (Å²) in [7, 11) is 0. The van der Waals surface area contributed by atoms with Crippen molar-refractivity contribution in [1.82, 2.24) is 20.4 Å². The van der Waals surface area contributed by atoms with Gasteiger partial charge in [-0.25, -0.2) is 4.63 Å². The van der Waals surface area contributed by atoms with E-state index in [4.69, 9.17) is 9.15 Å². The molecule has 1 saturated heterocycles. The van der Waals surface area contributed by atoms with E-state index in [-0.39, 0.29) is 0 Å². The predicted octanol–water partition coefficient (Wildman–Crippen LogP) is 2.86. The monoisotopic (exact) mass is 284 g/mol. The Balaban J connectivity index is 1.62. The van der Waals surface area contributed by atoms with Gasteiger partial charge in [0, 0.05) is 12.6 Å². The van der Waals surface area contributed by atoms with E-state index in [0.717, 1.165) is 54.0 Å². The van der Waals surface area contributed by atoms with E-state index in [0.29, 0.717) is 6.04 Å². The van der Waals surface area contributed by atoms with Crippen LogP contribution in [0.15, 0.2) is 33.4 Å². The van der Waals surface area contributed by atoms with E-state index >= 15 is 0 Å². The zero-order valence-corrected chi connectivity index (χ0v) is 11.8. The first-order valence-corrected chi connectivity index (χ1v) is 7.19. The van der Waals surface area contributed by atoms with Gasteiger partial charge in [-0.1, -0.05) is 17.3 Å². The van der Waals surface area contributed by atoms with Crippen LogP contribution in [0.5, 0.6) is 0 Å². The highest BCUT2D eigenvalue weighted by Gasteiger charge is 2.29. The average Bonchev–Trinajstić information content (AvgIpc) is 3.18. The molecule has 0 bridgehead atoms. The molecule has 108 valence electrons. The number of fused-ring (bicyclic) bond motifs is 1. The van der Waals surface area contributed by atoms with E-state index in [9.17, 15) is 0 Å². The number of benzene rings is 1. The zero-order chi connectivity index (χ0) is 14.2. The third-order valence-corrected chi connectivity index (χ3v) is 4.08. The molecule has 21 heavy (non-hydrogen) atoms. The van der Waals surface area contributed by atoms with E-state index in [2.05, 4.69) is 26.4 Å². The standard InChI is InChI=1S/C15H16N4O2/c1-10-8-14(20-16-10)13-6-3-7-19(13)9-11-4-2-5-12-15(11)18-21-17-12/h2,4-5,8,13H,3,6-7,9H2,1H3/t13-/m0/s1. The summed E-state index contributed by atoms with van der Waals surface area (Å²) >= 11 is 0. The van der Waals surface area contributed by atoms with Gasteiger partial charge in [0.2, 0.25) is 0 Å². The lowest BCUT2D eigenvalue weighted by atomic mass is 10.1. The average molecular weight is 284 g/mol. The predicted molar refractivity (Wildman–Crippen MR) is 75.4 cm³/mol. The lowest BCUT2D eigenvalue weighted by Crippen LogP contribution is -2.22. The SMILES string of the molecule is Cc1cc([C@@H]2CCCN2Cc2cccc3nonc23)on1. The van der Waals surface area contributed by atoms with Crippen LogP contribution in [0.3, 0.4) is 0 Å². The molecule has 6 heteroatoms. The van der Waals surface area contributed by atoms with Gasteiger partial charge < -0.3 is 4.52 Å². The smallest absolute Gasteiger partial charge is 0.154 e. The highest BCUT2D eigenvalue weighted by Crippen LogP contribution is 2.34. The first kappa shape index (κ1) is 12.5. The summed E-state index contributed by atoms with van der Waals surface area (Å²) in [4.78, 5) is 2.41. The molecule has 6 nitrogen and oxygen atoms in total. The molecule has 0 aliphatic carbocycles. The second-order valence-corrected chi connectivity index (χ2v) is 5.55. The number of aryl methyl sites for hydroxylation is 1. The second kappa shape index (κ2) is 4.96. The molecule has 0 spiro atoms. The van der Waals surface area contributed by atoms with Gasteiger partial charge in [-0.05, 0) is 48.3 Å². The molecule has 0 N–H and O–H groups in total. The van der Waals surface area contributed by atoms with Gasteiger partial charge in [-0.15, -0.1) is 0 Å². The maximum absolute atomic E-state index is 5.45. The van der Waals surface area contributed by atoms with Crippen LogP contribution in [-0.2, 0) is 6.54 Å². The fourth-order valence-electron chi connectivity index (χ4n) is 3.09. The summed E-state index contributed by atoms with van der Waals surface area (Å²) in [6.07, 6.45) is 2.26. The van der Waals surface area contributed by atoms with Crippen molar-refractivity contribution >= 4 is 11.0 Å². The third-order valence-electron chi connectivity index (χ3n) is 4.08. The van der Waals surface area contributed by atoms with E-state index in [1.165, 1.54) is 0 Å². The van der Waals surface area contributed by atoms with Crippen LogP contribution in [0, 0.1) is 6.92 Å². The summed E-state index contributed by atoms with van der Waals surface area (Å²) in [5.41, 5.74) is 3.71. The van der Waals surface area contributed by atoms with Gasteiger partial charge in [0.15, 0.2) is 5.76 Å². The first-order chi connectivity index (χ1) is 10.3. The van der Waals surface area contributed by atoms with Gasteiger partial charge in [-0.3, -0.25) is 4.90 Å². The highest BCUT2D eigenvalue weighted by atomic mass is 16.6. The van der Waals surface area contributed by atoms with Gasteiger partial charge >= 0.3 is 0 Å². The number of aromatic nitrogens is 3. The van der Waals surface area contributed by atoms with E-state index in [1.54, 1.807) is 0 Å². The molecule has 3 heterocycles. The van der Waals surface area contributed by atoms with Gasteiger partial charge in [-0.2, -0.15) is 0 Å². The molecule has 2 aromatic heterocycles. The molecule has 0 amide bonds. The molecular formula is C15H16N4O2. The Morgan fingerprint density at radius 3 is 3.10 bits per heavy atom. The molecular weight excluding hydrogens is 268 g/mol. The van der Waals surface area contributed by atoms with Crippen LogP contribution in [0.4, 0.5) is 0 Å². The minimum Gasteiger partial charge on any atom is -0.359 e. The molecule has 1 fully saturated rings. The van der Waals surface area contributed by atoms with Crippen molar-refractivity contribution < 1.29 is 9.15 Å². The first-order valence-electron chi connectivity index (χ1n) is 7.19. The lowest BCUT2D eigenvalue weighted by molar-refractivity contribution is 0.207. The van der Waals surface area contributed by atoms with Crippen LogP contribution < -0.4 is 0 Å². The van der Waals surface area contributed by atoms with Crippen molar-refractivity contribution in [3.05, 3.63) is 41.3 Å². The molecule has 0 unspecified atom stereocenters. The van der Waals surface area contributed by atoms with Gasteiger partial charge in [0.05, 0.1) is 11.7 Å². The van der Waals surface area contributed by atoms with Crippen LogP contribution in [-0.4, -0.2) is 26.9 Å². The van der Waals surface area contributed by atoms with E-state index in [1.807, 2.05) is 25.1 Å². The Kier molecular flexibility index (Phi) is 2.96. The summed E-state index contributed by atoms with van der Waals surface area (Å²) in [6.45, 7) is 3.82. The largest absolute Gasteiger partial charge is 0.359 e. The molecule has 1 aliphatic rings. The minimum absolute atomic E-state index is 0.293. The van der Waals surface area contributed by atoms with Crippen LogP contribution in [0.25, 0.3) is 11.0 Å². The quantitative estimate of drug-likeness (QED) is 0.736. The number of rotatable bonds is 3. The van der Waals surface area contributed by atoms with Gasteiger partial charge in [0.1, 0.15) is 11.0 Å². The van der Waals surface area contributed by atoms with Crippen LogP contribution in [0.2, 0.25) is 0 Å². The number of likely N-dealkylation sites (tertiary alicyclic amines) is 1. The summed E-state index contributed by atoms with van der Waals surface area (Å²) in [5.74, 6) is 0.954. The number of nitrogens with zero attached hydrogens (tertiary/aromatic N) is 4. The maximum atomic E-state index is 5.45. The number of hydrogen-bond acceptors (Lipinski definition) is 6. The molecule has 0 radical (unpaired) electrons. The molecule has 0 saturated carbocycles. The van der Waals surface area contributed by atoms with Crippen molar-refractivity contribution in [2.24, 2.45) is 0 Å². The molecule has 1 aliphatic heterocycles. The summed E-state index contributed by atoms with van der Waals surface area (Å²) in [5, 5.41) is 11.9. The fourth-order valence-corrected chi connectivity index (χ4v) is 3.09. The maximum Gasteiger partial charge on any atom is 0.154 e. The topological polar surface area (TPSA) is 68.2 Å². The Labute approximate surface area is 121 Å². The van der Waals surface area contributed by atoms with Crippen molar-refractivity contribution in [3.63, 3.8) is 0 Å². The second-order valence-electron chi connectivity index (χ2n) is 5.55. The third kappa shape index (κ3) is 2.21. The molecule has 1 aromatic carbocycles. The lowest BCUT2D eigenvalue weighted by Gasteiger charge is -2.22. The fraction of sp³-hybridized carbons (Fsp3) is 0.400. The Morgan fingerprint density at radius 1 is 1.29 bits per heavy atom. The Morgan fingerprint density at radius 2 is 2.24 bits per heavy atom. The Bertz CT molecular complexity index is 764. The van der Waals surface area contributed by atoms with Crippen molar-refractivity contribution in [1.29, 1.82) is 0 Å². The zero-order valence-electron chi connectivity index (χ0n) is 11.8. The highest BCUT2D eigenvalue weighted by molar-refractivity contribution is 5.76. The normalized spacial score (nSPS) is 19.6. The van der Waals surface area contributed by atoms with Gasteiger partial charge in [0.25, 0.3) is 0 Å². The minimum atomic E-state index is 0.293. The van der Waals surface area contributed by atoms with E-state index < -0.39 is 0 Å².